The molecule has 0 bridgehead atoms. The van der Waals surface area contributed by atoms with Crippen LogP contribution in [0.1, 0.15) is 32.8 Å². The van der Waals surface area contributed by atoms with Crippen molar-refractivity contribution < 1.29 is 14.3 Å². The summed E-state index contributed by atoms with van der Waals surface area (Å²) in [6, 6.07) is 8.26. The van der Waals surface area contributed by atoms with Gasteiger partial charge in [-0.2, -0.15) is 0 Å². The van der Waals surface area contributed by atoms with Crippen LogP contribution in [0.4, 0.5) is 0 Å². The summed E-state index contributed by atoms with van der Waals surface area (Å²) < 4.78 is 4.50. The van der Waals surface area contributed by atoms with E-state index in [0.29, 0.717) is 12.3 Å². The average molecular weight is 309 g/mol. The molecule has 1 amide bonds. The molecule has 0 spiro atoms. The van der Waals surface area contributed by atoms with E-state index in [4.69, 9.17) is 0 Å². The Labute approximate surface area is 130 Å². The first-order valence-corrected chi connectivity index (χ1v) is 7.88. The van der Waals surface area contributed by atoms with Gasteiger partial charge >= 0.3 is 5.97 Å². The molecule has 1 aromatic rings. The minimum absolute atomic E-state index is 0.0798. The fourth-order valence-electron chi connectivity index (χ4n) is 1.66. The van der Waals surface area contributed by atoms with Crippen molar-refractivity contribution in [3.05, 3.63) is 29.8 Å². The Morgan fingerprint density at radius 3 is 2.33 bits per heavy atom. The Balaban J connectivity index is 2.35. The minimum atomic E-state index is -0.319. The van der Waals surface area contributed by atoms with Crippen LogP contribution >= 0.6 is 11.8 Å². The summed E-state index contributed by atoms with van der Waals surface area (Å²) in [5, 5.41) is 2.69. The molecular weight excluding hydrogens is 286 g/mol. The van der Waals surface area contributed by atoms with E-state index in [-0.39, 0.29) is 23.7 Å². The molecule has 0 unspecified atom stereocenters. The molecule has 0 aromatic heterocycles. The summed E-state index contributed by atoms with van der Waals surface area (Å²) >= 11 is 1.48. The maximum atomic E-state index is 11.6. The van der Waals surface area contributed by atoms with Gasteiger partial charge < -0.3 is 10.1 Å². The van der Waals surface area contributed by atoms with Crippen LogP contribution in [-0.4, -0.2) is 31.3 Å². The lowest BCUT2D eigenvalue weighted by Gasteiger charge is -2.19. The summed E-state index contributed by atoms with van der Waals surface area (Å²) in [7, 11) is 1.33. The molecule has 0 saturated heterocycles. The lowest BCUT2D eigenvalue weighted by Crippen LogP contribution is -2.27. The zero-order valence-corrected chi connectivity index (χ0v) is 13.9. The molecule has 116 valence electrons. The van der Waals surface area contributed by atoms with Crippen LogP contribution in [0.15, 0.2) is 29.2 Å². The van der Waals surface area contributed by atoms with Crippen molar-refractivity contribution in [3.63, 3.8) is 0 Å². The van der Waals surface area contributed by atoms with Crippen molar-refractivity contribution in [1.29, 1.82) is 0 Å². The molecule has 1 rings (SSSR count). The largest absolute Gasteiger partial charge is 0.469 e. The number of amides is 1. The second-order valence-electron chi connectivity index (χ2n) is 5.74. The molecule has 0 saturated carbocycles. The van der Waals surface area contributed by atoms with Gasteiger partial charge in [0.15, 0.2) is 0 Å². The standard InChI is InChI=1S/C16H23NO3S/c1-16(2,3)12-5-7-13(8-6-12)21-11-14(18)17-10-9-15(19)20-4/h5-8H,9-11H2,1-4H3,(H,17,18). The van der Waals surface area contributed by atoms with Gasteiger partial charge in [0.2, 0.25) is 5.91 Å². The number of nitrogens with one attached hydrogen (secondary N) is 1. The number of carbonyl (C=O) groups excluding carboxylic acids is 2. The number of rotatable bonds is 6. The molecule has 0 atom stereocenters. The van der Waals surface area contributed by atoms with E-state index in [1.165, 1.54) is 24.4 Å². The Bertz CT molecular complexity index is 477. The Kier molecular flexibility index (Phi) is 6.75. The van der Waals surface area contributed by atoms with Gasteiger partial charge in [-0.15, -0.1) is 11.8 Å². The second-order valence-corrected chi connectivity index (χ2v) is 6.79. The Hall–Kier alpha value is -1.49. The normalized spacial score (nSPS) is 11.0. The zero-order chi connectivity index (χ0) is 15.9. The van der Waals surface area contributed by atoms with E-state index in [0.717, 1.165) is 4.90 Å². The molecule has 0 aliphatic rings. The first-order chi connectivity index (χ1) is 9.82. The lowest BCUT2D eigenvalue weighted by atomic mass is 9.87. The number of esters is 1. The molecule has 1 aromatic carbocycles. The summed E-state index contributed by atoms with van der Waals surface area (Å²) in [6.45, 7) is 6.83. The monoisotopic (exact) mass is 309 g/mol. The first-order valence-electron chi connectivity index (χ1n) is 6.90. The number of hydrogen-bond donors (Lipinski definition) is 1. The summed E-state index contributed by atoms with van der Waals surface area (Å²) in [5.74, 6) is -0.0553. The maximum absolute atomic E-state index is 11.6. The highest BCUT2D eigenvalue weighted by Crippen LogP contribution is 2.25. The fraction of sp³-hybridized carbons (Fsp3) is 0.500. The third kappa shape index (κ3) is 6.67. The van der Waals surface area contributed by atoms with Crippen molar-refractivity contribution in [2.75, 3.05) is 19.4 Å². The third-order valence-electron chi connectivity index (χ3n) is 2.97. The number of methoxy groups -OCH3 is 1. The van der Waals surface area contributed by atoms with Crippen LogP contribution in [-0.2, 0) is 19.7 Å². The van der Waals surface area contributed by atoms with Crippen LogP contribution in [0.25, 0.3) is 0 Å². The van der Waals surface area contributed by atoms with Gasteiger partial charge in [-0.25, -0.2) is 0 Å². The minimum Gasteiger partial charge on any atom is -0.469 e. The Morgan fingerprint density at radius 2 is 1.81 bits per heavy atom. The van der Waals surface area contributed by atoms with Crippen molar-refractivity contribution in [1.82, 2.24) is 5.32 Å². The van der Waals surface area contributed by atoms with E-state index in [1.54, 1.807) is 0 Å². The lowest BCUT2D eigenvalue weighted by molar-refractivity contribution is -0.140. The summed E-state index contributed by atoms with van der Waals surface area (Å²) in [5.41, 5.74) is 1.41. The van der Waals surface area contributed by atoms with Crippen LogP contribution < -0.4 is 5.32 Å². The van der Waals surface area contributed by atoms with Crippen LogP contribution in [0.5, 0.6) is 0 Å². The number of thioether (sulfide) groups is 1. The molecule has 0 aliphatic heterocycles. The molecular formula is C16H23NO3S. The van der Waals surface area contributed by atoms with Gasteiger partial charge in [0.05, 0.1) is 19.3 Å². The van der Waals surface area contributed by atoms with Crippen molar-refractivity contribution in [2.24, 2.45) is 0 Å². The molecule has 0 aliphatic carbocycles. The predicted molar refractivity (Wildman–Crippen MR) is 85.5 cm³/mol. The molecule has 0 heterocycles. The number of ether oxygens (including phenoxy) is 1. The highest BCUT2D eigenvalue weighted by Gasteiger charge is 2.13. The van der Waals surface area contributed by atoms with E-state index in [9.17, 15) is 9.59 Å². The van der Waals surface area contributed by atoms with E-state index < -0.39 is 0 Å². The van der Waals surface area contributed by atoms with Crippen molar-refractivity contribution >= 4 is 23.6 Å². The van der Waals surface area contributed by atoms with Gasteiger partial charge in [0, 0.05) is 11.4 Å². The van der Waals surface area contributed by atoms with Gasteiger partial charge in [0.25, 0.3) is 0 Å². The fourth-order valence-corrected chi connectivity index (χ4v) is 2.39. The summed E-state index contributed by atoms with van der Waals surface area (Å²) in [4.78, 5) is 23.6. The van der Waals surface area contributed by atoms with Gasteiger partial charge in [-0.3, -0.25) is 9.59 Å². The molecule has 0 fully saturated rings. The SMILES string of the molecule is COC(=O)CCNC(=O)CSc1ccc(C(C)(C)C)cc1. The quantitative estimate of drug-likeness (QED) is 0.648. The van der Waals surface area contributed by atoms with Crippen molar-refractivity contribution in [3.8, 4) is 0 Å². The molecule has 4 nitrogen and oxygen atoms in total. The third-order valence-corrected chi connectivity index (χ3v) is 3.98. The van der Waals surface area contributed by atoms with Crippen LogP contribution in [0.3, 0.4) is 0 Å². The number of hydrogen-bond acceptors (Lipinski definition) is 4. The van der Waals surface area contributed by atoms with E-state index in [1.807, 2.05) is 12.1 Å². The van der Waals surface area contributed by atoms with Crippen LogP contribution in [0.2, 0.25) is 0 Å². The van der Waals surface area contributed by atoms with Crippen LogP contribution in [0, 0.1) is 0 Å². The smallest absolute Gasteiger partial charge is 0.307 e. The Morgan fingerprint density at radius 1 is 1.19 bits per heavy atom. The van der Waals surface area contributed by atoms with Gasteiger partial charge in [-0.05, 0) is 23.1 Å². The molecule has 0 radical (unpaired) electrons. The van der Waals surface area contributed by atoms with Gasteiger partial charge in [0.1, 0.15) is 0 Å². The molecule has 1 N–H and O–H groups in total. The highest BCUT2D eigenvalue weighted by molar-refractivity contribution is 8.00. The van der Waals surface area contributed by atoms with Crippen molar-refractivity contribution in [2.45, 2.75) is 37.5 Å². The van der Waals surface area contributed by atoms with E-state index >= 15 is 0 Å². The molecule has 21 heavy (non-hydrogen) atoms. The second kappa shape index (κ2) is 8.08. The number of benzene rings is 1. The highest BCUT2D eigenvalue weighted by atomic mass is 32.2. The summed E-state index contributed by atoms with van der Waals surface area (Å²) in [6.07, 6.45) is 0.202. The predicted octanol–water partition coefficient (Wildman–Crippen LogP) is 2.76. The first kappa shape index (κ1) is 17.6. The topological polar surface area (TPSA) is 55.4 Å². The maximum Gasteiger partial charge on any atom is 0.307 e. The van der Waals surface area contributed by atoms with E-state index in [2.05, 4.69) is 43.0 Å². The molecule has 5 heteroatoms. The zero-order valence-electron chi connectivity index (χ0n) is 13.1. The number of carbonyl (C=O) groups is 2. The van der Waals surface area contributed by atoms with Gasteiger partial charge in [-0.1, -0.05) is 32.9 Å². The average Bonchev–Trinajstić information content (AvgIpc) is 2.44.